The topological polar surface area (TPSA) is 58.7 Å². The van der Waals surface area contributed by atoms with Crippen LogP contribution in [0.4, 0.5) is 8.78 Å². The molecule has 1 aliphatic heterocycles. The average Bonchev–Trinajstić information content (AvgIpc) is 2.91. The van der Waals surface area contributed by atoms with Gasteiger partial charge in [-0.25, -0.2) is 0 Å². The maximum Gasteiger partial charge on any atom is 0.387 e. The highest BCUT2D eigenvalue weighted by Crippen LogP contribution is 2.22. The summed E-state index contributed by atoms with van der Waals surface area (Å²) in [6.07, 6.45) is 1.53. The average molecular weight is 286 g/mol. The van der Waals surface area contributed by atoms with Crippen LogP contribution in [0.2, 0.25) is 0 Å². The van der Waals surface area contributed by atoms with Crippen molar-refractivity contribution in [2.24, 2.45) is 5.73 Å². The minimum absolute atomic E-state index is 0.0732. The van der Waals surface area contributed by atoms with Crippen LogP contribution < -0.4 is 10.5 Å². The lowest BCUT2D eigenvalue weighted by Crippen LogP contribution is -2.40. The lowest BCUT2D eigenvalue weighted by atomic mass is 10.0. The van der Waals surface area contributed by atoms with Crippen molar-refractivity contribution >= 4 is 0 Å². The van der Waals surface area contributed by atoms with Crippen molar-refractivity contribution in [1.29, 1.82) is 0 Å². The van der Waals surface area contributed by atoms with Crippen molar-refractivity contribution in [3.05, 3.63) is 29.8 Å². The molecule has 2 atom stereocenters. The summed E-state index contributed by atoms with van der Waals surface area (Å²) in [5.74, 6) is 0.0732. The Morgan fingerprint density at radius 1 is 1.20 bits per heavy atom. The quantitative estimate of drug-likeness (QED) is 0.836. The Labute approximate surface area is 117 Å². The van der Waals surface area contributed by atoms with Gasteiger partial charge in [0.05, 0.1) is 6.10 Å². The number of alkyl halides is 2. The fourth-order valence-corrected chi connectivity index (χ4v) is 2.46. The summed E-state index contributed by atoms with van der Waals surface area (Å²) in [4.78, 5) is 2.22. The zero-order valence-electron chi connectivity index (χ0n) is 11.2. The van der Waals surface area contributed by atoms with E-state index in [0.29, 0.717) is 12.1 Å². The molecule has 1 saturated heterocycles. The Balaban J connectivity index is 1.91. The smallest absolute Gasteiger partial charge is 0.387 e. The number of rotatable bonds is 6. The Morgan fingerprint density at radius 3 is 2.35 bits per heavy atom. The molecule has 1 aromatic carbocycles. The normalized spacial score (nSPS) is 19.2. The van der Waals surface area contributed by atoms with Crippen molar-refractivity contribution < 1.29 is 18.6 Å². The van der Waals surface area contributed by atoms with Gasteiger partial charge in [0.15, 0.2) is 0 Å². The summed E-state index contributed by atoms with van der Waals surface area (Å²) in [5.41, 5.74) is 6.61. The molecule has 4 nitrogen and oxygen atoms in total. The first-order valence-electron chi connectivity index (χ1n) is 6.77. The van der Waals surface area contributed by atoms with Gasteiger partial charge in [0, 0.05) is 12.6 Å². The second-order valence-corrected chi connectivity index (χ2v) is 5.06. The van der Waals surface area contributed by atoms with Gasteiger partial charge in [0.25, 0.3) is 0 Å². The van der Waals surface area contributed by atoms with E-state index in [1.807, 2.05) is 0 Å². The first-order valence-corrected chi connectivity index (χ1v) is 6.77. The lowest BCUT2D eigenvalue weighted by Gasteiger charge is -2.24. The standard InChI is InChI=1S/C14H20F2N2O2/c15-14(16)20-11-5-3-10(4-6-11)13(19)12(17)9-18-7-1-2-8-18/h3-6,12-14,19H,1-2,7-9,17H2/t12-,13-/m1/s1. The molecule has 0 radical (unpaired) electrons. The number of aliphatic hydroxyl groups excluding tert-OH is 1. The summed E-state index contributed by atoms with van der Waals surface area (Å²) in [5, 5.41) is 10.2. The van der Waals surface area contributed by atoms with Gasteiger partial charge in [-0.15, -0.1) is 0 Å². The van der Waals surface area contributed by atoms with Gasteiger partial charge in [-0.2, -0.15) is 8.78 Å². The monoisotopic (exact) mass is 286 g/mol. The summed E-state index contributed by atoms with van der Waals surface area (Å²) >= 11 is 0. The van der Waals surface area contributed by atoms with Crippen LogP contribution >= 0.6 is 0 Å². The van der Waals surface area contributed by atoms with Crippen LogP contribution in [0.3, 0.4) is 0 Å². The van der Waals surface area contributed by atoms with E-state index in [0.717, 1.165) is 13.1 Å². The Kier molecular flexibility index (Phi) is 5.28. The molecule has 0 bridgehead atoms. The van der Waals surface area contributed by atoms with Crippen LogP contribution in [-0.2, 0) is 0 Å². The minimum atomic E-state index is -2.84. The molecule has 6 heteroatoms. The van der Waals surface area contributed by atoms with Gasteiger partial charge >= 0.3 is 6.61 Å². The molecule has 2 rings (SSSR count). The molecule has 0 amide bonds. The van der Waals surface area contributed by atoms with E-state index in [1.54, 1.807) is 12.1 Å². The van der Waals surface area contributed by atoms with E-state index < -0.39 is 18.8 Å². The third-order valence-corrected chi connectivity index (χ3v) is 3.52. The van der Waals surface area contributed by atoms with Crippen molar-refractivity contribution in [2.75, 3.05) is 19.6 Å². The van der Waals surface area contributed by atoms with E-state index >= 15 is 0 Å². The number of ether oxygens (including phenoxy) is 1. The van der Waals surface area contributed by atoms with Crippen molar-refractivity contribution in [3.63, 3.8) is 0 Å². The molecular formula is C14H20F2N2O2. The maximum absolute atomic E-state index is 12.0. The van der Waals surface area contributed by atoms with E-state index in [4.69, 9.17) is 5.73 Å². The largest absolute Gasteiger partial charge is 0.435 e. The van der Waals surface area contributed by atoms with Gasteiger partial charge in [0.1, 0.15) is 5.75 Å². The first-order chi connectivity index (χ1) is 9.56. The molecule has 0 saturated carbocycles. The van der Waals surface area contributed by atoms with Gasteiger partial charge < -0.3 is 20.5 Å². The predicted octanol–water partition coefficient (Wildman–Crippen LogP) is 1.74. The second-order valence-electron chi connectivity index (χ2n) is 5.06. The minimum Gasteiger partial charge on any atom is -0.435 e. The highest BCUT2D eigenvalue weighted by molar-refractivity contribution is 5.29. The first kappa shape index (κ1) is 15.2. The van der Waals surface area contributed by atoms with E-state index in [2.05, 4.69) is 9.64 Å². The molecule has 1 aromatic rings. The van der Waals surface area contributed by atoms with Gasteiger partial charge in [-0.3, -0.25) is 0 Å². The van der Waals surface area contributed by atoms with Crippen molar-refractivity contribution in [2.45, 2.75) is 31.6 Å². The Bertz CT molecular complexity index is 408. The maximum atomic E-state index is 12.0. The number of halogens is 2. The molecule has 0 aliphatic carbocycles. The molecule has 1 heterocycles. The van der Waals surface area contributed by atoms with E-state index in [1.165, 1.54) is 25.0 Å². The van der Waals surface area contributed by atoms with Crippen LogP contribution in [0.1, 0.15) is 24.5 Å². The molecule has 1 aliphatic rings. The van der Waals surface area contributed by atoms with Crippen LogP contribution in [0, 0.1) is 0 Å². The Hall–Kier alpha value is -1.24. The van der Waals surface area contributed by atoms with Crippen LogP contribution in [-0.4, -0.2) is 42.3 Å². The molecule has 112 valence electrons. The third-order valence-electron chi connectivity index (χ3n) is 3.52. The van der Waals surface area contributed by atoms with Crippen LogP contribution in [0.5, 0.6) is 5.75 Å². The summed E-state index contributed by atoms with van der Waals surface area (Å²) in [6, 6.07) is 5.55. The summed E-state index contributed by atoms with van der Waals surface area (Å²) < 4.78 is 28.3. The highest BCUT2D eigenvalue weighted by Gasteiger charge is 2.21. The number of hydrogen-bond donors (Lipinski definition) is 2. The second kappa shape index (κ2) is 6.97. The van der Waals surface area contributed by atoms with Gasteiger partial charge in [-0.05, 0) is 43.6 Å². The zero-order valence-corrected chi connectivity index (χ0v) is 11.2. The molecule has 0 unspecified atom stereocenters. The SMILES string of the molecule is N[C@H](CN1CCCC1)[C@H](O)c1ccc(OC(F)F)cc1. The predicted molar refractivity (Wildman–Crippen MR) is 71.7 cm³/mol. The van der Waals surface area contributed by atoms with Crippen molar-refractivity contribution in [1.82, 2.24) is 4.90 Å². The van der Waals surface area contributed by atoms with Crippen LogP contribution in [0.25, 0.3) is 0 Å². The summed E-state index contributed by atoms with van der Waals surface area (Å²) in [6.45, 7) is -0.178. The van der Waals surface area contributed by atoms with Crippen LogP contribution in [0.15, 0.2) is 24.3 Å². The van der Waals surface area contributed by atoms with E-state index in [-0.39, 0.29) is 5.75 Å². The van der Waals surface area contributed by atoms with Gasteiger partial charge in [0.2, 0.25) is 0 Å². The summed E-state index contributed by atoms with van der Waals surface area (Å²) in [7, 11) is 0. The van der Waals surface area contributed by atoms with E-state index in [9.17, 15) is 13.9 Å². The number of benzene rings is 1. The molecule has 0 spiro atoms. The number of hydrogen-bond acceptors (Lipinski definition) is 4. The number of nitrogens with zero attached hydrogens (tertiary/aromatic N) is 1. The molecule has 3 N–H and O–H groups in total. The van der Waals surface area contributed by atoms with Crippen molar-refractivity contribution in [3.8, 4) is 5.75 Å². The molecule has 20 heavy (non-hydrogen) atoms. The fraction of sp³-hybridized carbons (Fsp3) is 0.571. The molecule has 1 fully saturated rings. The number of nitrogens with two attached hydrogens (primary N) is 1. The highest BCUT2D eigenvalue weighted by atomic mass is 19.3. The fourth-order valence-electron chi connectivity index (χ4n) is 2.46. The number of likely N-dealkylation sites (tertiary alicyclic amines) is 1. The Morgan fingerprint density at radius 2 is 1.80 bits per heavy atom. The van der Waals surface area contributed by atoms with Gasteiger partial charge in [-0.1, -0.05) is 12.1 Å². The molecular weight excluding hydrogens is 266 g/mol. The lowest BCUT2D eigenvalue weighted by molar-refractivity contribution is -0.0498. The third kappa shape index (κ3) is 4.13. The molecule has 0 aromatic heterocycles. The zero-order chi connectivity index (χ0) is 14.5. The number of aliphatic hydroxyl groups is 1.